The van der Waals surface area contributed by atoms with Crippen LogP contribution in [0.3, 0.4) is 0 Å². The number of methoxy groups -OCH3 is 1. The topological polar surface area (TPSA) is 118 Å². The minimum atomic E-state index is -0.885. The molecule has 0 fully saturated rings. The van der Waals surface area contributed by atoms with Gasteiger partial charge in [-0.15, -0.1) is 0 Å². The third-order valence-electron chi connectivity index (χ3n) is 4.30. The number of anilines is 1. The first kappa shape index (κ1) is 25.8. The number of hydrogen-bond acceptors (Lipinski definition) is 6. The van der Waals surface area contributed by atoms with Crippen LogP contribution >= 0.6 is 15.9 Å². The summed E-state index contributed by atoms with van der Waals surface area (Å²) in [4.78, 5) is 35.6. The molecule has 0 aliphatic carbocycles. The zero-order chi connectivity index (χ0) is 24.4. The number of halogens is 2. The number of rotatable bonds is 9. The smallest absolute Gasteiger partial charge is 0.329 e. The molecule has 3 N–H and O–H groups in total. The van der Waals surface area contributed by atoms with Crippen LogP contribution in [0.15, 0.2) is 46.0 Å². The highest BCUT2D eigenvalue weighted by Gasteiger charge is 2.15. The van der Waals surface area contributed by atoms with Crippen molar-refractivity contribution in [1.29, 1.82) is 0 Å². The van der Waals surface area contributed by atoms with E-state index in [1.807, 2.05) is 6.92 Å². The maximum Gasteiger partial charge on any atom is 0.329 e. The largest absolute Gasteiger partial charge is 0.493 e. The van der Waals surface area contributed by atoms with Gasteiger partial charge in [-0.05, 0) is 71.2 Å². The number of hydrogen-bond donors (Lipinski definition) is 3. The zero-order valence-corrected chi connectivity index (χ0v) is 19.9. The highest BCUT2D eigenvalue weighted by molar-refractivity contribution is 9.10. The van der Waals surface area contributed by atoms with Gasteiger partial charge in [-0.3, -0.25) is 14.4 Å². The second-order valence-electron chi connectivity index (χ2n) is 6.86. The maximum atomic E-state index is 13.0. The van der Waals surface area contributed by atoms with Crippen LogP contribution in [0, 0.1) is 5.82 Å². The summed E-state index contributed by atoms with van der Waals surface area (Å²) in [5, 5.41) is 8.90. The molecule has 0 unspecified atom stereocenters. The van der Waals surface area contributed by atoms with Gasteiger partial charge in [0, 0.05) is 11.7 Å². The molecule has 0 bridgehead atoms. The summed E-state index contributed by atoms with van der Waals surface area (Å²) in [6.07, 6.45) is 2.02. The van der Waals surface area contributed by atoms with Crippen molar-refractivity contribution in [3.05, 3.63) is 52.3 Å². The number of hydrazone groups is 1. The minimum absolute atomic E-state index is 0.127. The van der Waals surface area contributed by atoms with E-state index in [9.17, 15) is 18.8 Å². The van der Waals surface area contributed by atoms with E-state index in [1.54, 1.807) is 19.1 Å². The predicted molar refractivity (Wildman–Crippen MR) is 125 cm³/mol. The molecule has 0 spiro atoms. The van der Waals surface area contributed by atoms with Gasteiger partial charge in [0.1, 0.15) is 5.82 Å². The molecule has 0 radical (unpaired) electrons. The van der Waals surface area contributed by atoms with Gasteiger partial charge in [0.05, 0.1) is 17.8 Å². The van der Waals surface area contributed by atoms with Crippen LogP contribution in [-0.4, -0.2) is 43.7 Å². The monoisotopic (exact) mass is 522 g/mol. The van der Waals surface area contributed by atoms with Gasteiger partial charge in [-0.1, -0.05) is 6.92 Å². The number of benzene rings is 2. The van der Waals surface area contributed by atoms with Crippen molar-refractivity contribution in [2.24, 2.45) is 5.10 Å². The molecule has 0 aliphatic rings. The summed E-state index contributed by atoms with van der Waals surface area (Å²) >= 11 is 3.35. The van der Waals surface area contributed by atoms with Crippen LogP contribution in [0.2, 0.25) is 0 Å². The predicted octanol–water partition coefficient (Wildman–Crippen LogP) is 2.98. The molecule has 11 heteroatoms. The minimum Gasteiger partial charge on any atom is -0.493 e. The molecule has 0 saturated carbocycles. The van der Waals surface area contributed by atoms with Gasteiger partial charge in [0.2, 0.25) is 0 Å². The van der Waals surface area contributed by atoms with E-state index in [1.165, 1.54) is 37.6 Å². The second kappa shape index (κ2) is 12.5. The number of ether oxygens (including phenoxy) is 2. The van der Waals surface area contributed by atoms with E-state index in [2.05, 4.69) is 37.1 Å². The first-order valence-electron chi connectivity index (χ1n) is 9.93. The van der Waals surface area contributed by atoms with Crippen LogP contribution < -0.4 is 25.5 Å². The molecule has 3 amide bonds. The van der Waals surface area contributed by atoms with Crippen LogP contribution in [0.1, 0.15) is 25.8 Å². The lowest BCUT2D eigenvalue weighted by Gasteiger charge is -2.13. The third-order valence-corrected chi connectivity index (χ3v) is 4.89. The van der Waals surface area contributed by atoms with Crippen molar-refractivity contribution >= 4 is 45.6 Å². The Morgan fingerprint density at radius 1 is 1.18 bits per heavy atom. The third kappa shape index (κ3) is 8.19. The first-order chi connectivity index (χ1) is 15.7. The summed E-state index contributed by atoms with van der Waals surface area (Å²) in [5.41, 5.74) is 3.12. The Labute approximate surface area is 198 Å². The number of carbonyl (C=O) groups excluding carboxylic acids is 3. The molecule has 0 heterocycles. The van der Waals surface area contributed by atoms with Crippen molar-refractivity contribution in [3.8, 4) is 11.5 Å². The van der Waals surface area contributed by atoms with Crippen molar-refractivity contribution < 1.29 is 28.2 Å². The quantitative estimate of drug-likeness (QED) is 0.266. The Morgan fingerprint density at radius 2 is 1.88 bits per heavy atom. The van der Waals surface area contributed by atoms with Crippen molar-refractivity contribution in [3.63, 3.8) is 0 Å². The first-order valence-corrected chi connectivity index (χ1v) is 10.7. The van der Waals surface area contributed by atoms with Crippen LogP contribution in [0.4, 0.5) is 10.1 Å². The summed E-state index contributed by atoms with van der Waals surface area (Å²) in [5.74, 6) is -1.93. The molecule has 9 nitrogen and oxygen atoms in total. The van der Waals surface area contributed by atoms with E-state index in [0.29, 0.717) is 27.9 Å². The van der Waals surface area contributed by atoms with Gasteiger partial charge >= 0.3 is 11.8 Å². The fourth-order valence-corrected chi connectivity index (χ4v) is 3.00. The number of nitrogens with zero attached hydrogens (tertiary/aromatic N) is 1. The Morgan fingerprint density at radius 3 is 2.52 bits per heavy atom. The van der Waals surface area contributed by atoms with Gasteiger partial charge < -0.3 is 20.1 Å². The SMILES string of the molecule is CC[C@@H](C)NC(=O)C(=O)N/N=C\c1cc(Br)c(OCC(=O)Nc2ccc(F)cc2)c(OC)c1. The Hall–Kier alpha value is -3.47. The molecule has 2 aromatic carbocycles. The molecule has 2 rings (SSSR count). The van der Waals surface area contributed by atoms with E-state index >= 15 is 0 Å². The maximum absolute atomic E-state index is 13.0. The lowest BCUT2D eigenvalue weighted by Crippen LogP contribution is -2.41. The molecular formula is C22H24BrFN4O5. The highest BCUT2D eigenvalue weighted by Crippen LogP contribution is 2.36. The molecule has 2 aromatic rings. The summed E-state index contributed by atoms with van der Waals surface area (Å²) in [6, 6.07) is 8.42. The standard InChI is InChI=1S/C22H24BrFN4O5/c1-4-13(2)26-21(30)22(31)28-25-11-14-9-17(23)20(18(10-14)32-3)33-12-19(29)27-16-7-5-15(24)6-8-16/h5-11,13H,4,12H2,1-3H3,(H,26,30)(H,27,29)(H,28,31)/b25-11-/t13-/m1/s1. The van der Waals surface area contributed by atoms with Crippen LogP contribution in [0.5, 0.6) is 11.5 Å². The average Bonchev–Trinajstić information content (AvgIpc) is 2.79. The van der Waals surface area contributed by atoms with Crippen LogP contribution in [0.25, 0.3) is 0 Å². The van der Waals surface area contributed by atoms with Gasteiger partial charge in [-0.25, -0.2) is 9.82 Å². The Bertz CT molecular complexity index is 1030. The number of carbonyl (C=O) groups is 3. The molecular weight excluding hydrogens is 499 g/mol. The molecule has 0 aliphatic heterocycles. The van der Waals surface area contributed by atoms with Crippen LogP contribution in [-0.2, 0) is 14.4 Å². The summed E-state index contributed by atoms with van der Waals surface area (Å²) < 4.78 is 24.3. The number of amides is 3. The van der Waals surface area contributed by atoms with E-state index in [-0.39, 0.29) is 18.4 Å². The van der Waals surface area contributed by atoms with Crippen molar-refractivity contribution in [2.45, 2.75) is 26.3 Å². The molecule has 0 aromatic heterocycles. The van der Waals surface area contributed by atoms with E-state index in [0.717, 1.165) is 0 Å². The fraction of sp³-hybridized carbons (Fsp3) is 0.273. The fourth-order valence-electron chi connectivity index (χ4n) is 2.43. The number of nitrogens with one attached hydrogen (secondary N) is 3. The van der Waals surface area contributed by atoms with Gasteiger partial charge in [0.25, 0.3) is 5.91 Å². The van der Waals surface area contributed by atoms with Gasteiger partial charge in [0.15, 0.2) is 18.1 Å². The lowest BCUT2D eigenvalue weighted by atomic mass is 10.2. The average molecular weight is 523 g/mol. The molecule has 176 valence electrons. The van der Waals surface area contributed by atoms with E-state index < -0.39 is 23.5 Å². The highest BCUT2D eigenvalue weighted by atomic mass is 79.9. The normalized spacial score (nSPS) is 11.5. The zero-order valence-electron chi connectivity index (χ0n) is 18.3. The molecule has 1 atom stereocenters. The van der Waals surface area contributed by atoms with E-state index in [4.69, 9.17) is 9.47 Å². The van der Waals surface area contributed by atoms with Gasteiger partial charge in [-0.2, -0.15) is 5.10 Å². The Balaban J connectivity index is 1.98. The van der Waals surface area contributed by atoms with Crippen molar-refractivity contribution in [1.82, 2.24) is 10.7 Å². The molecule has 33 heavy (non-hydrogen) atoms. The second-order valence-corrected chi connectivity index (χ2v) is 7.71. The Kier molecular flexibility index (Phi) is 9.80. The summed E-state index contributed by atoms with van der Waals surface area (Å²) in [7, 11) is 1.43. The van der Waals surface area contributed by atoms with Crippen molar-refractivity contribution in [2.75, 3.05) is 19.0 Å². The summed E-state index contributed by atoms with van der Waals surface area (Å²) in [6.45, 7) is 3.35. The lowest BCUT2D eigenvalue weighted by molar-refractivity contribution is -0.139. The molecule has 0 saturated heterocycles.